The molecule has 0 fully saturated rings. The summed E-state index contributed by atoms with van der Waals surface area (Å²) in [6.07, 6.45) is 2.29. The van der Waals surface area contributed by atoms with E-state index in [2.05, 4.69) is 27.4 Å². The summed E-state index contributed by atoms with van der Waals surface area (Å²) in [5.74, 6) is 1.45. The van der Waals surface area contributed by atoms with E-state index in [0.29, 0.717) is 17.3 Å². The van der Waals surface area contributed by atoms with E-state index < -0.39 is 5.72 Å². The first-order valence-corrected chi connectivity index (χ1v) is 13.3. The molecule has 9 heteroatoms. The number of nitrogens with one attached hydrogen (secondary N) is 1. The molecular weight excluding hydrogens is 524 g/mol. The van der Waals surface area contributed by atoms with Crippen molar-refractivity contribution in [3.8, 4) is 11.4 Å². The highest BCUT2D eigenvalue weighted by Crippen LogP contribution is 2.51. The predicted molar refractivity (Wildman–Crippen MR) is 155 cm³/mol. The third kappa shape index (κ3) is 4.04. The molecule has 0 aliphatic carbocycles. The highest BCUT2D eigenvalue weighted by Gasteiger charge is 2.53. The Labute approximate surface area is 236 Å². The minimum atomic E-state index is -0.984. The summed E-state index contributed by atoms with van der Waals surface area (Å²) in [5.41, 5.74) is 4.38. The number of rotatable bonds is 5. The van der Waals surface area contributed by atoms with Crippen molar-refractivity contribution in [2.45, 2.75) is 18.2 Å². The van der Waals surface area contributed by atoms with E-state index in [9.17, 15) is 0 Å². The molecule has 2 aliphatic heterocycles. The third-order valence-corrected chi connectivity index (χ3v) is 7.56. The summed E-state index contributed by atoms with van der Waals surface area (Å²) in [7, 11) is 1.66. The van der Waals surface area contributed by atoms with E-state index in [1.54, 1.807) is 18.1 Å². The number of nitrogens with zero attached hydrogens (tertiary/aromatic N) is 5. The van der Waals surface area contributed by atoms with Gasteiger partial charge in [0.15, 0.2) is 5.84 Å². The Hall–Kier alpha value is -4.82. The number of methoxy groups -OCH3 is 1. The van der Waals surface area contributed by atoms with Gasteiger partial charge in [0.05, 0.1) is 36.4 Å². The first kappa shape index (κ1) is 24.2. The first-order valence-electron chi connectivity index (χ1n) is 12.9. The zero-order valence-electron chi connectivity index (χ0n) is 21.6. The Bertz CT molecular complexity index is 1690. The molecule has 2 unspecified atom stereocenters. The number of hydrogen-bond acceptors (Lipinski definition) is 7. The molecule has 1 aromatic heterocycles. The molecule has 1 N–H and O–H groups in total. The van der Waals surface area contributed by atoms with Gasteiger partial charge in [-0.15, -0.1) is 0 Å². The number of ether oxygens (including phenoxy) is 1. The topological polar surface area (TPSA) is 76.8 Å². The van der Waals surface area contributed by atoms with Crippen molar-refractivity contribution in [1.29, 1.82) is 0 Å². The summed E-state index contributed by atoms with van der Waals surface area (Å²) in [6.45, 7) is 0. The van der Waals surface area contributed by atoms with Crippen LogP contribution in [-0.2, 0) is 10.6 Å². The van der Waals surface area contributed by atoms with E-state index in [1.807, 2.05) is 91.0 Å². The number of fused-ring (bicyclic) bond motifs is 3. The Balaban J connectivity index is 1.39. The predicted octanol–water partition coefficient (Wildman–Crippen LogP) is 6.54. The molecule has 0 radical (unpaired) electrons. The molecule has 0 saturated heterocycles. The molecule has 40 heavy (non-hydrogen) atoms. The maximum atomic E-state index is 6.53. The molecule has 2 aliphatic rings. The number of oxime groups is 1. The van der Waals surface area contributed by atoms with Crippen LogP contribution in [0.3, 0.4) is 0 Å². The van der Waals surface area contributed by atoms with Crippen LogP contribution in [0.1, 0.15) is 29.3 Å². The highest BCUT2D eigenvalue weighted by atomic mass is 35.5. The van der Waals surface area contributed by atoms with Crippen molar-refractivity contribution >= 4 is 28.8 Å². The lowest BCUT2D eigenvalue weighted by Crippen LogP contribution is -2.47. The maximum absolute atomic E-state index is 6.53. The second-order valence-electron chi connectivity index (χ2n) is 9.67. The van der Waals surface area contributed by atoms with E-state index in [1.165, 1.54) is 0 Å². The van der Waals surface area contributed by atoms with Crippen molar-refractivity contribution in [1.82, 2.24) is 15.0 Å². The van der Waals surface area contributed by atoms with Crippen LogP contribution >= 0.6 is 11.6 Å². The van der Waals surface area contributed by atoms with Crippen LogP contribution in [0.5, 0.6) is 5.75 Å². The molecule has 0 amide bonds. The smallest absolute Gasteiger partial charge is 0.243 e. The molecule has 7 rings (SSSR count). The second-order valence-corrected chi connectivity index (χ2v) is 10.1. The zero-order chi connectivity index (χ0) is 27.1. The van der Waals surface area contributed by atoms with Crippen molar-refractivity contribution in [2.75, 3.05) is 17.3 Å². The maximum Gasteiger partial charge on any atom is 0.243 e. The van der Waals surface area contributed by atoms with E-state index in [0.717, 1.165) is 39.6 Å². The summed E-state index contributed by atoms with van der Waals surface area (Å²) in [6, 6.07) is 33.4. The van der Waals surface area contributed by atoms with Crippen LogP contribution < -0.4 is 15.0 Å². The van der Waals surface area contributed by atoms with Gasteiger partial charge in [-0.05, 0) is 72.8 Å². The van der Waals surface area contributed by atoms with Crippen LogP contribution in [-0.4, -0.2) is 27.9 Å². The lowest BCUT2D eigenvalue weighted by molar-refractivity contribution is -0.0311. The number of halogens is 1. The largest absolute Gasteiger partial charge is 0.497 e. The number of aromatic nitrogens is 3. The van der Waals surface area contributed by atoms with Crippen LogP contribution in [0.2, 0.25) is 5.02 Å². The number of hydrogen-bond donors (Lipinski definition) is 1. The number of anilines is 2. The fourth-order valence-corrected chi connectivity index (χ4v) is 5.47. The molecule has 0 saturated carbocycles. The van der Waals surface area contributed by atoms with Crippen molar-refractivity contribution in [2.24, 2.45) is 5.16 Å². The number of amidine groups is 1. The van der Waals surface area contributed by atoms with Gasteiger partial charge < -0.3 is 14.9 Å². The van der Waals surface area contributed by atoms with Crippen LogP contribution in [0.15, 0.2) is 114 Å². The van der Waals surface area contributed by atoms with Crippen molar-refractivity contribution in [3.63, 3.8) is 0 Å². The van der Waals surface area contributed by atoms with Gasteiger partial charge in [-0.1, -0.05) is 47.1 Å². The molecule has 5 aromatic rings. The molecule has 0 spiro atoms. The minimum Gasteiger partial charge on any atom is -0.497 e. The van der Waals surface area contributed by atoms with Gasteiger partial charge >= 0.3 is 0 Å². The standard InChI is InChI=1S/C31H25ClN6O2/c1-39-25-17-13-22(14-18-25)31-19-27(28-20-33-38(35-28)24-7-3-2-4-8-24)34-26-9-5-6-10-29(26)37(31)30(36-40-31)21-11-15-23(32)16-12-21/h2-18,20,27,34H,19H2,1H3. The first-order chi connectivity index (χ1) is 19.6. The van der Waals surface area contributed by atoms with Gasteiger partial charge in [-0.2, -0.15) is 15.0 Å². The SMILES string of the molecule is COc1ccc(C23CC(c4cnn(-c5ccccc5)n4)Nc4ccccc4N2C(c2ccc(Cl)cc2)=NO3)cc1. The van der Waals surface area contributed by atoms with Crippen molar-refractivity contribution in [3.05, 3.63) is 131 Å². The Kier molecular flexibility index (Phi) is 5.90. The molecule has 2 atom stereocenters. The average molecular weight is 549 g/mol. The van der Waals surface area contributed by atoms with Gasteiger partial charge in [0.2, 0.25) is 5.72 Å². The second kappa shape index (κ2) is 9.73. The lowest BCUT2D eigenvalue weighted by Gasteiger charge is -2.37. The third-order valence-electron chi connectivity index (χ3n) is 7.31. The monoisotopic (exact) mass is 548 g/mol. The normalized spacial score (nSPS) is 19.5. The van der Waals surface area contributed by atoms with Crippen LogP contribution in [0, 0.1) is 0 Å². The van der Waals surface area contributed by atoms with Gasteiger partial charge in [0, 0.05) is 22.6 Å². The fourth-order valence-electron chi connectivity index (χ4n) is 5.35. The lowest BCUT2D eigenvalue weighted by atomic mass is 9.92. The molecule has 198 valence electrons. The Morgan fingerprint density at radius 1 is 0.925 bits per heavy atom. The molecule has 0 bridgehead atoms. The number of benzene rings is 4. The van der Waals surface area contributed by atoms with Gasteiger partial charge in [0.1, 0.15) is 11.4 Å². The van der Waals surface area contributed by atoms with Crippen molar-refractivity contribution < 1.29 is 9.57 Å². The summed E-state index contributed by atoms with van der Waals surface area (Å²) < 4.78 is 5.45. The number of para-hydroxylation sites is 3. The summed E-state index contributed by atoms with van der Waals surface area (Å²) in [4.78, 5) is 10.3. The van der Waals surface area contributed by atoms with E-state index in [-0.39, 0.29) is 6.04 Å². The quantitative estimate of drug-likeness (QED) is 0.269. The molecule has 3 heterocycles. The van der Waals surface area contributed by atoms with Gasteiger partial charge in [-0.3, -0.25) is 4.90 Å². The summed E-state index contributed by atoms with van der Waals surface area (Å²) in [5, 5.41) is 18.5. The Morgan fingerprint density at radius 2 is 1.68 bits per heavy atom. The molecule has 8 nitrogen and oxygen atoms in total. The highest BCUT2D eigenvalue weighted by molar-refractivity contribution is 6.30. The van der Waals surface area contributed by atoms with E-state index in [4.69, 9.17) is 31.4 Å². The molecule has 4 aromatic carbocycles. The molecular formula is C31H25ClN6O2. The van der Waals surface area contributed by atoms with E-state index >= 15 is 0 Å². The summed E-state index contributed by atoms with van der Waals surface area (Å²) >= 11 is 6.23. The van der Waals surface area contributed by atoms with Gasteiger partial charge in [0.25, 0.3) is 0 Å². The van der Waals surface area contributed by atoms with Crippen LogP contribution in [0.25, 0.3) is 5.69 Å². The van der Waals surface area contributed by atoms with Crippen LogP contribution in [0.4, 0.5) is 11.4 Å². The fraction of sp³-hybridized carbons (Fsp3) is 0.129. The minimum absolute atomic E-state index is 0.245. The average Bonchev–Trinajstić information content (AvgIpc) is 3.61. The Morgan fingerprint density at radius 3 is 2.45 bits per heavy atom. The van der Waals surface area contributed by atoms with Gasteiger partial charge in [-0.25, -0.2) is 0 Å². The zero-order valence-corrected chi connectivity index (χ0v) is 22.4.